The zero-order valence-electron chi connectivity index (χ0n) is 14.0. The molecule has 0 aliphatic heterocycles. The fourth-order valence-corrected chi connectivity index (χ4v) is 2.62. The van der Waals surface area contributed by atoms with E-state index in [1.54, 1.807) is 12.4 Å². The number of fused-ring (bicyclic) bond motifs is 1. The van der Waals surface area contributed by atoms with Gasteiger partial charge in [0.05, 0.1) is 22.6 Å². The van der Waals surface area contributed by atoms with Crippen molar-refractivity contribution in [3.63, 3.8) is 0 Å². The second kappa shape index (κ2) is 6.72. The highest BCUT2D eigenvalue weighted by atomic mass is 16.1. The SMILES string of the molecule is C[C@H](NC(=O)c1cnc(-c2ccncc2)nc1)c1nc2ccccc2[nH]1. The lowest BCUT2D eigenvalue weighted by Gasteiger charge is -2.11. The van der Waals surface area contributed by atoms with Crippen molar-refractivity contribution in [1.82, 2.24) is 30.2 Å². The number of rotatable bonds is 4. The Labute approximate surface area is 149 Å². The average molecular weight is 344 g/mol. The van der Waals surface area contributed by atoms with Gasteiger partial charge in [0.25, 0.3) is 5.91 Å². The predicted octanol–water partition coefficient (Wildman–Crippen LogP) is 2.91. The first-order valence-electron chi connectivity index (χ1n) is 8.18. The minimum atomic E-state index is -0.269. The lowest BCUT2D eigenvalue weighted by molar-refractivity contribution is 0.0937. The van der Waals surface area contributed by atoms with Gasteiger partial charge in [-0.3, -0.25) is 9.78 Å². The Morgan fingerprint density at radius 1 is 1.08 bits per heavy atom. The summed E-state index contributed by atoms with van der Waals surface area (Å²) in [6.07, 6.45) is 6.38. The Morgan fingerprint density at radius 3 is 2.54 bits per heavy atom. The number of hydrogen-bond donors (Lipinski definition) is 2. The van der Waals surface area contributed by atoms with Crippen molar-refractivity contribution in [2.24, 2.45) is 0 Å². The van der Waals surface area contributed by atoms with E-state index < -0.39 is 0 Å². The third-order valence-corrected chi connectivity index (χ3v) is 4.02. The number of hydrogen-bond acceptors (Lipinski definition) is 5. The van der Waals surface area contributed by atoms with Gasteiger partial charge in [-0.05, 0) is 31.2 Å². The van der Waals surface area contributed by atoms with Gasteiger partial charge >= 0.3 is 0 Å². The zero-order chi connectivity index (χ0) is 17.9. The third-order valence-electron chi connectivity index (χ3n) is 4.02. The molecule has 7 heteroatoms. The second-order valence-corrected chi connectivity index (χ2v) is 5.87. The first-order valence-corrected chi connectivity index (χ1v) is 8.18. The van der Waals surface area contributed by atoms with Crippen LogP contribution in [0.3, 0.4) is 0 Å². The number of nitrogens with zero attached hydrogens (tertiary/aromatic N) is 4. The van der Waals surface area contributed by atoms with Gasteiger partial charge in [0, 0.05) is 30.4 Å². The maximum Gasteiger partial charge on any atom is 0.254 e. The summed E-state index contributed by atoms with van der Waals surface area (Å²) in [5.74, 6) is 1.00. The molecule has 0 saturated carbocycles. The van der Waals surface area contributed by atoms with E-state index in [-0.39, 0.29) is 11.9 Å². The Balaban J connectivity index is 1.49. The van der Waals surface area contributed by atoms with Gasteiger partial charge in [0.2, 0.25) is 0 Å². The summed E-state index contributed by atoms with van der Waals surface area (Å²) >= 11 is 0. The first-order chi connectivity index (χ1) is 12.7. The van der Waals surface area contributed by atoms with Crippen LogP contribution in [0.15, 0.2) is 61.2 Å². The van der Waals surface area contributed by atoms with Gasteiger partial charge in [-0.15, -0.1) is 0 Å². The van der Waals surface area contributed by atoms with Crippen LogP contribution in [0, 0.1) is 0 Å². The summed E-state index contributed by atoms with van der Waals surface area (Å²) in [5.41, 5.74) is 3.05. The molecule has 0 bridgehead atoms. The highest BCUT2D eigenvalue weighted by Gasteiger charge is 2.15. The van der Waals surface area contributed by atoms with Crippen LogP contribution in [0.5, 0.6) is 0 Å². The number of pyridine rings is 1. The Hall–Kier alpha value is -3.61. The Kier molecular flexibility index (Phi) is 4.10. The van der Waals surface area contributed by atoms with Crippen LogP contribution in [-0.2, 0) is 0 Å². The molecule has 0 spiro atoms. The molecule has 2 N–H and O–H groups in total. The van der Waals surface area contributed by atoms with Gasteiger partial charge in [-0.25, -0.2) is 15.0 Å². The third kappa shape index (κ3) is 3.14. The number of amides is 1. The van der Waals surface area contributed by atoms with E-state index in [1.165, 1.54) is 12.4 Å². The van der Waals surface area contributed by atoms with E-state index in [0.717, 1.165) is 16.6 Å². The van der Waals surface area contributed by atoms with E-state index in [1.807, 2.05) is 43.3 Å². The minimum Gasteiger partial charge on any atom is -0.342 e. The molecule has 128 valence electrons. The van der Waals surface area contributed by atoms with Crippen molar-refractivity contribution >= 4 is 16.9 Å². The molecule has 1 amide bonds. The number of para-hydroxylation sites is 2. The molecule has 0 unspecified atom stereocenters. The predicted molar refractivity (Wildman–Crippen MR) is 97.2 cm³/mol. The average Bonchev–Trinajstić information content (AvgIpc) is 3.13. The summed E-state index contributed by atoms with van der Waals surface area (Å²) in [5, 5.41) is 2.91. The lowest BCUT2D eigenvalue weighted by Crippen LogP contribution is -2.27. The van der Waals surface area contributed by atoms with Crippen LogP contribution in [0.1, 0.15) is 29.1 Å². The molecule has 1 aromatic carbocycles. The molecule has 0 aliphatic carbocycles. The fraction of sp³-hybridized carbons (Fsp3) is 0.105. The standard InChI is InChI=1S/C19H16N6O/c1-12(17-24-15-4-2-3-5-16(15)25-17)23-19(26)14-10-21-18(22-11-14)13-6-8-20-9-7-13/h2-12H,1H3,(H,23,26)(H,24,25)/t12-/m0/s1. The van der Waals surface area contributed by atoms with Gasteiger partial charge in [0.15, 0.2) is 5.82 Å². The molecule has 1 atom stereocenters. The Morgan fingerprint density at radius 2 is 1.81 bits per heavy atom. The van der Waals surface area contributed by atoms with E-state index >= 15 is 0 Å². The maximum absolute atomic E-state index is 12.4. The van der Waals surface area contributed by atoms with Crippen molar-refractivity contribution in [2.75, 3.05) is 0 Å². The highest BCUT2D eigenvalue weighted by molar-refractivity contribution is 5.94. The van der Waals surface area contributed by atoms with E-state index in [0.29, 0.717) is 17.2 Å². The number of benzene rings is 1. The number of carbonyl (C=O) groups is 1. The van der Waals surface area contributed by atoms with Gasteiger partial charge in [-0.1, -0.05) is 12.1 Å². The maximum atomic E-state index is 12.4. The van der Waals surface area contributed by atoms with Crippen LogP contribution in [0.25, 0.3) is 22.4 Å². The van der Waals surface area contributed by atoms with Gasteiger partial charge < -0.3 is 10.3 Å². The smallest absolute Gasteiger partial charge is 0.254 e. The van der Waals surface area contributed by atoms with Crippen LogP contribution in [0.2, 0.25) is 0 Å². The number of H-pyrrole nitrogens is 1. The molecule has 0 radical (unpaired) electrons. The zero-order valence-corrected chi connectivity index (χ0v) is 14.0. The topological polar surface area (TPSA) is 96.5 Å². The largest absolute Gasteiger partial charge is 0.342 e. The molecule has 3 heterocycles. The van der Waals surface area contributed by atoms with E-state index in [9.17, 15) is 4.79 Å². The molecular formula is C19H16N6O. The van der Waals surface area contributed by atoms with Crippen molar-refractivity contribution in [2.45, 2.75) is 13.0 Å². The molecule has 26 heavy (non-hydrogen) atoms. The number of carbonyl (C=O) groups excluding carboxylic acids is 1. The van der Waals surface area contributed by atoms with Gasteiger partial charge in [0.1, 0.15) is 5.82 Å². The van der Waals surface area contributed by atoms with Crippen molar-refractivity contribution in [3.8, 4) is 11.4 Å². The summed E-state index contributed by atoms with van der Waals surface area (Å²) in [7, 11) is 0. The fourth-order valence-electron chi connectivity index (χ4n) is 2.62. The normalized spacial score (nSPS) is 12.0. The molecular weight excluding hydrogens is 328 g/mol. The first kappa shape index (κ1) is 15.9. The highest BCUT2D eigenvalue weighted by Crippen LogP contribution is 2.16. The van der Waals surface area contributed by atoms with Crippen molar-refractivity contribution in [3.05, 3.63) is 72.6 Å². The second-order valence-electron chi connectivity index (χ2n) is 5.87. The van der Waals surface area contributed by atoms with Gasteiger partial charge in [-0.2, -0.15) is 0 Å². The van der Waals surface area contributed by atoms with Crippen LogP contribution < -0.4 is 5.32 Å². The van der Waals surface area contributed by atoms with Crippen molar-refractivity contribution < 1.29 is 4.79 Å². The number of aromatic nitrogens is 5. The Bertz CT molecular complexity index is 1010. The monoisotopic (exact) mass is 344 g/mol. The lowest BCUT2D eigenvalue weighted by atomic mass is 10.2. The number of aromatic amines is 1. The summed E-state index contributed by atoms with van der Waals surface area (Å²) < 4.78 is 0. The quantitative estimate of drug-likeness (QED) is 0.593. The molecule has 7 nitrogen and oxygen atoms in total. The molecule has 4 rings (SSSR count). The minimum absolute atomic E-state index is 0.251. The molecule has 0 saturated heterocycles. The molecule has 3 aromatic heterocycles. The van der Waals surface area contributed by atoms with Crippen LogP contribution >= 0.6 is 0 Å². The van der Waals surface area contributed by atoms with Crippen LogP contribution in [0.4, 0.5) is 0 Å². The summed E-state index contributed by atoms with van der Waals surface area (Å²) in [6, 6.07) is 11.1. The number of nitrogens with one attached hydrogen (secondary N) is 2. The molecule has 0 fully saturated rings. The summed E-state index contributed by atoms with van der Waals surface area (Å²) in [4.78, 5) is 32.7. The molecule has 4 aromatic rings. The van der Waals surface area contributed by atoms with Crippen molar-refractivity contribution in [1.29, 1.82) is 0 Å². The molecule has 0 aliphatic rings. The van der Waals surface area contributed by atoms with E-state index in [4.69, 9.17) is 0 Å². The summed E-state index contributed by atoms with van der Waals surface area (Å²) in [6.45, 7) is 1.88. The van der Waals surface area contributed by atoms with E-state index in [2.05, 4.69) is 30.2 Å². The number of imidazole rings is 1. The van der Waals surface area contributed by atoms with Crippen LogP contribution in [-0.4, -0.2) is 30.8 Å².